The van der Waals surface area contributed by atoms with Crippen LogP contribution in [-0.2, 0) is 21.3 Å². The summed E-state index contributed by atoms with van der Waals surface area (Å²) in [7, 11) is -3.76. The highest BCUT2D eigenvalue weighted by molar-refractivity contribution is 7.89. The summed E-state index contributed by atoms with van der Waals surface area (Å²) in [5, 5.41) is 0.360. The number of sulfonamides is 1. The molecule has 32 heavy (non-hydrogen) atoms. The molecular formula is C21H21ClN2O7S. The average molecular weight is 481 g/mol. The summed E-state index contributed by atoms with van der Waals surface area (Å²) in [6.45, 7) is 2.98. The van der Waals surface area contributed by atoms with Gasteiger partial charge in [-0.3, -0.25) is 9.36 Å². The number of ether oxygens (including phenoxy) is 2. The van der Waals surface area contributed by atoms with Crippen LogP contribution in [0.2, 0.25) is 5.02 Å². The molecule has 0 radical (unpaired) electrons. The van der Waals surface area contributed by atoms with Gasteiger partial charge >= 0.3 is 5.76 Å². The van der Waals surface area contributed by atoms with Crippen LogP contribution in [0.1, 0.15) is 17.3 Å². The van der Waals surface area contributed by atoms with Crippen LogP contribution in [0.15, 0.2) is 50.5 Å². The van der Waals surface area contributed by atoms with E-state index in [0.29, 0.717) is 36.1 Å². The van der Waals surface area contributed by atoms with Gasteiger partial charge in [0.15, 0.2) is 11.4 Å². The Balaban J connectivity index is 1.67. The fourth-order valence-electron chi connectivity index (χ4n) is 3.52. The van der Waals surface area contributed by atoms with Crippen LogP contribution in [0.4, 0.5) is 0 Å². The number of benzene rings is 2. The van der Waals surface area contributed by atoms with Gasteiger partial charge in [0, 0.05) is 24.2 Å². The third-order valence-electron chi connectivity index (χ3n) is 5.09. The van der Waals surface area contributed by atoms with E-state index in [4.69, 9.17) is 25.5 Å². The van der Waals surface area contributed by atoms with Gasteiger partial charge in [-0.05, 0) is 37.3 Å². The maximum absolute atomic E-state index is 12.9. The molecule has 0 unspecified atom stereocenters. The van der Waals surface area contributed by atoms with Crippen LogP contribution in [-0.4, -0.2) is 56.0 Å². The maximum Gasteiger partial charge on any atom is 0.420 e. The SMILES string of the molecule is CCOc1ccc(Cl)cc1C(=O)Cn1c(=O)oc2cc(S(=O)(=O)N3CCOCC3)ccc21. The molecule has 1 saturated heterocycles. The van der Waals surface area contributed by atoms with Crippen molar-refractivity contribution in [1.82, 2.24) is 8.87 Å². The number of morpholine rings is 1. The number of carbonyl (C=O) groups excluding carboxylic acids is 1. The number of Topliss-reactive ketones (excluding diaryl/α,β-unsaturated/α-hetero) is 1. The molecule has 2 heterocycles. The number of fused-ring (bicyclic) bond motifs is 1. The second-order valence-corrected chi connectivity index (χ2v) is 9.47. The Morgan fingerprint density at radius 1 is 1.16 bits per heavy atom. The summed E-state index contributed by atoms with van der Waals surface area (Å²) in [6, 6.07) is 8.84. The predicted octanol–water partition coefficient (Wildman–Crippen LogP) is 2.55. The van der Waals surface area contributed by atoms with Crippen molar-refractivity contribution in [3.8, 4) is 5.75 Å². The fourth-order valence-corrected chi connectivity index (χ4v) is 5.12. The molecule has 11 heteroatoms. The molecular weight excluding hydrogens is 460 g/mol. The van der Waals surface area contributed by atoms with Crippen molar-refractivity contribution in [2.24, 2.45) is 0 Å². The number of hydrogen-bond donors (Lipinski definition) is 0. The van der Waals surface area contributed by atoms with E-state index >= 15 is 0 Å². The maximum atomic E-state index is 12.9. The molecule has 170 valence electrons. The van der Waals surface area contributed by atoms with E-state index in [1.807, 2.05) is 0 Å². The highest BCUT2D eigenvalue weighted by Gasteiger charge is 2.27. The third-order valence-corrected chi connectivity index (χ3v) is 7.22. The van der Waals surface area contributed by atoms with Gasteiger partial charge < -0.3 is 13.9 Å². The summed E-state index contributed by atoms with van der Waals surface area (Å²) < 4.78 is 44.2. The third kappa shape index (κ3) is 4.31. The number of carbonyl (C=O) groups is 1. The second kappa shape index (κ2) is 9.07. The first-order chi connectivity index (χ1) is 15.3. The van der Waals surface area contributed by atoms with E-state index in [-0.39, 0.29) is 35.7 Å². The molecule has 1 fully saturated rings. The average Bonchev–Trinajstić information content (AvgIpc) is 3.10. The Bertz CT molecular complexity index is 1320. The van der Waals surface area contributed by atoms with Crippen LogP contribution in [0.25, 0.3) is 11.1 Å². The van der Waals surface area contributed by atoms with Crippen LogP contribution in [0.5, 0.6) is 5.75 Å². The lowest BCUT2D eigenvalue weighted by Gasteiger charge is -2.25. The van der Waals surface area contributed by atoms with Gasteiger partial charge in [-0.2, -0.15) is 4.31 Å². The topological polar surface area (TPSA) is 108 Å². The normalized spacial score (nSPS) is 15.2. The molecule has 0 saturated carbocycles. The lowest BCUT2D eigenvalue weighted by atomic mass is 10.1. The molecule has 4 rings (SSSR count). The van der Waals surface area contributed by atoms with E-state index in [0.717, 1.165) is 4.57 Å². The minimum Gasteiger partial charge on any atom is -0.493 e. The highest BCUT2D eigenvalue weighted by atomic mass is 35.5. The Morgan fingerprint density at radius 3 is 2.62 bits per heavy atom. The van der Waals surface area contributed by atoms with E-state index in [9.17, 15) is 18.0 Å². The van der Waals surface area contributed by atoms with Crippen LogP contribution in [0, 0.1) is 0 Å². The van der Waals surface area contributed by atoms with Crippen LogP contribution < -0.4 is 10.5 Å². The molecule has 0 N–H and O–H groups in total. The Hall–Kier alpha value is -2.66. The number of hydrogen-bond acceptors (Lipinski definition) is 7. The van der Waals surface area contributed by atoms with Gasteiger partial charge in [0.25, 0.3) is 0 Å². The van der Waals surface area contributed by atoms with Crippen molar-refractivity contribution in [3.63, 3.8) is 0 Å². The number of rotatable bonds is 7. The molecule has 0 spiro atoms. The zero-order valence-corrected chi connectivity index (χ0v) is 18.8. The van der Waals surface area contributed by atoms with Crippen molar-refractivity contribution in [3.05, 3.63) is 57.5 Å². The molecule has 0 atom stereocenters. The van der Waals surface area contributed by atoms with Gasteiger partial charge in [0.1, 0.15) is 5.75 Å². The summed E-state index contributed by atoms with van der Waals surface area (Å²) in [5.74, 6) is -0.804. The first kappa shape index (κ1) is 22.5. The van der Waals surface area contributed by atoms with Crippen molar-refractivity contribution in [2.45, 2.75) is 18.4 Å². The molecule has 1 aliphatic heterocycles. The van der Waals surface area contributed by atoms with Crippen LogP contribution >= 0.6 is 11.6 Å². The number of aromatic nitrogens is 1. The fraction of sp³-hybridized carbons (Fsp3) is 0.333. The summed E-state index contributed by atoms with van der Waals surface area (Å²) >= 11 is 6.03. The quantitative estimate of drug-likeness (QED) is 0.478. The molecule has 9 nitrogen and oxygen atoms in total. The minimum atomic E-state index is -3.76. The van der Waals surface area contributed by atoms with Crippen molar-refractivity contribution >= 4 is 38.5 Å². The lowest BCUT2D eigenvalue weighted by molar-refractivity contribution is 0.0730. The van der Waals surface area contributed by atoms with E-state index in [1.54, 1.807) is 19.1 Å². The Kier molecular flexibility index (Phi) is 6.38. The monoisotopic (exact) mass is 480 g/mol. The summed E-state index contributed by atoms with van der Waals surface area (Å²) in [6.07, 6.45) is 0. The lowest BCUT2D eigenvalue weighted by Crippen LogP contribution is -2.40. The number of ketones is 1. The predicted molar refractivity (Wildman–Crippen MR) is 117 cm³/mol. The van der Waals surface area contributed by atoms with Gasteiger partial charge in [0.05, 0.1) is 42.3 Å². The Morgan fingerprint density at radius 2 is 1.91 bits per heavy atom. The van der Waals surface area contributed by atoms with Gasteiger partial charge in [0.2, 0.25) is 10.0 Å². The standard InChI is InChI=1S/C21H21ClN2O7S/c1-2-30-19-6-3-14(22)11-16(19)18(25)13-24-17-5-4-15(12-20(17)31-21(24)26)32(27,28)23-7-9-29-10-8-23/h3-6,11-12H,2,7-10,13H2,1H3. The first-order valence-corrected chi connectivity index (χ1v) is 11.8. The van der Waals surface area contributed by atoms with E-state index in [1.165, 1.54) is 28.6 Å². The van der Waals surface area contributed by atoms with Crippen molar-refractivity contribution < 1.29 is 27.1 Å². The first-order valence-electron chi connectivity index (χ1n) is 9.98. The zero-order valence-electron chi connectivity index (χ0n) is 17.2. The second-order valence-electron chi connectivity index (χ2n) is 7.10. The van der Waals surface area contributed by atoms with Crippen molar-refractivity contribution in [1.29, 1.82) is 0 Å². The van der Waals surface area contributed by atoms with Crippen molar-refractivity contribution in [2.75, 3.05) is 32.9 Å². The number of nitrogens with zero attached hydrogens (tertiary/aromatic N) is 2. The molecule has 0 aliphatic carbocycles. The summed E-state index contributed by atoms with van der Waals surface area (Å²) in [5.41, 5.74) is 0.629. The minimum absolute atomic E-state index is 0.00704. The highest BCUT2D eigenvalue weighted by Crippen LogP contribution is 2.26. The Labute approximate surface area is 189 Å². The smallest absolute Gasteiger partial charge is 0.420 e. The molecule has 3 aromatic rings. The summed E-state index contributed by atoms with van der Waals surface area (Å²) in [4.78, 5) is 25.4. The molecule has 1 aliphatic rings. The van der Waals surface area contributed by atoms with E-state index < -0.39 is 21.6 Å². The van der Waals surface area contributed by atoms with Gasteiger partial charge in [-0.25, -0.2) is 13.2 Å². The molecule has 0 amide bonds. The molecule has 2 aromatic carbocycles. The van der Waals surface area contributed by atoms with Gasteiger partial charge in [-0.1, -0.05) is 11.6 Å². The van der Waals surface area contributed by atoms with E-state index in [2.05, 4.69) is 0 Å². The number of halogens is 1. The van der Waals surface area contributed by atoms with Gasteiger partial charge in [-0.15, -0.1) is 0 Å². The number of oxazole rings is 1. The zero-order chi connectivity index (χ0) is 22.9. The van der Waals surface area contributed by atoms with Crippen LogP contribution in [0.3, 0.4) is 0 Å². The largest absolute Gasteiger partial charge is 0.493 e. The molecule has 0 bridgehead atoms. The molecule has 1 aromatic heterocycles.